The molecule has 8 heteroatoms. The van der Waals surface area contributed by atoms with Gasteiger partial charge in [-0.2, -0.15) is 0 Å². The van der Waals surface area contributed by atoms with Crippen molar-refractivity contribution < 1.29 is 4.74 Å². The van der Waals surface area contributed by atoms with Crippen LogP contribution in [0.4, 0.5) is 0 Å². The van der Waals surface area contributed by atoms with Crippen molar-refractivity contribution in [3.8, 4) is 0 Å². The molecule has 1 aromatic rings. The van der Waals surface area contributed by atoms with Crippen LogP contribution < -0.4 is 10.6 Å². The highest BCUT2D eigenvalue weighted by atomic mass is 127. The van der Waals surface area contributed by atoms with Gasteiger partial charge in [-0.1, -0.05) is 19.3 Å². The number of ether oxygens (including phenoxy) is 1. The van der Waals surface area contributed by atoms with Crippen LogP contribution in [0.2, 0.25) is 0 Å². The molecule has 0 aromatic carbocycles. The number of halogens is 1. The van der Waals surface area contributed by atoms with Gasteiger partial charge in [-0.25, -0.2) is 4.98 Å². The van der Waals surface area contributed by atoms with Gasteiger partial charge in [0.2, 0.25) is 0 Å². The zero-order chi connectivity index (χ0) is 19.7. The standard InChI is InChI=1S/C21H38N6O.HI/c1-19-23-11-13-26(19)12-7-6-10-24-20(22-2)25-18-21(8-4-3-5-9-21)27-14-16-28-17-15-27;/h11,13H,3-10,12,14-18H2,1-2H3,(H2,22,24,25);1H. The van der Waals surface area contributed by atoms with Crippen LogP contribution in [0.1, 0.15) is 50.8 Å². The lowest BCUT2D eigenvalue weighted by Gasteiger charge is -2.48. The van der Waals surface area contributed by atoms with Gasteiger partial charge in [0.15, 0.2) is 5.96 Å². The van der Waals surface area contributed by atoms with E-state index in [1.807, 2.05) is 13.2 Å². The van der Waals surface area contributed by atoms with Crippen LogP contribution in [-0.4, -0.2) is 72.4 Å². The lowest BCUT2D eigenvalue weighted by molar-refractivity contribution is -0.0352. The molecule has 0 atom stereocenters. The molecule has 1 saturated heterocycles. The van der Waals surface area contributed by atoms with Gasteiger partial charge in [0.1, 0.15) is 5.82 Å². The third-order valence-electron chi connectivity index (χ3n) is 6.32. The zero-order valence-corrected chi connectivity index (χ0v) is 20.5. The number of nitrogens with zero attached hydrogens (tertiary/aromatic N) is 4. The van der Waals surface area contributed by atoms with Crippen molar-refractivity contribution in [1.82, 2.24) is 25.1 Å². The zero-order valence-electron chi connectivity index (χ0n) is 18.2. The van der Waals surface area contributed by atoms with E-state index in [1.54, 1.807) is 0 Å². The Morgan fingerprint density at radius 1 is 1.17 bits per heavy atom. The number of guanidine groups is 1. The first kappa shape index (κ1) is 24.4. The Morgan fingerprint density at radius 2 is 1.93 bits per heavy atom. The number of hydrogen-bond acceptors (Lipinski definition) is 4. The van der Waals surface area contributed by atoms with E-state index in [2.05, 4.69) is 43.2 Å². The molecular formula is C21H39IN6O. The fourth-order valence-corrected chi connectivity index (χ4v) is 4.58. The van der Waals surface area contributed by atoms with Gasteiger partial charge >= 0.3 is 0 Å². The maximum atomic E-state index is 5.59. The van der Waals surface area contributed by atoms with Gasteiger partial charge in [0.25, 0.3) is 0 Å². The van der Waals surface area contributed by atoms with Gasteiger partial charge in [-0.05, 0) is 32.6 Å². The number of aryl methyl sites for hydroxylation is 2. The SMILES string of the molecule is CN=C(NCCCCn1ccnc1C)NCC1(N2CCOCC2)CCCCC1.I. The van der Waals surface area contributed by atoms with Crippen molar-refractivity contribution in [3.63, 3.8) is 0 Å². The van der Waals surface area contributed by atoms with E-state index in [-0.39, 0.29) is 29.5 Å². The minimum Gasteiger partial charge on any atom is -0.379 e. The van der Waals surface area contributed by atoms with E-state index in [9.17, 15) is 0 Å². The summed E-state index contributed by atoms with van der Waals surface area (Å²) >= 11 is 0. The average molecular weight is 518 g/mol. The summed E-state index contributed by atoms with van der Waals surface area (Å²) in [5, 5.41) is 7.13. The summed E-state index contributed by atoms with van der Waals surface area (Å²) in [5.41, 5.74) is 0.262. The summed E-state index contributed by atoms with van der Waals surface area (Å²) in [6.07, 6.45) is 12.8. The highest BCUT2D eigenvalue weighted by Crippen LogP contribution is 2.33. The summed E-state index contributed by atoms with van der Waals surface area (Å²) < 4.78 is 7.80. The van der Waals surface area contributed by atoms with Gasteiger partial charge in [0, 0.05) is 57.7 Å². The summed E-state index contributed by atoms with van der Waals surface area (Å²) in [4.78, 5) is 11.4. The molecule has 1 saturated carbocycles. The number of nitrogens with one attached hydrogen (secondary N) is 2. The second-order valence-corrected chi connectivity index (χ2v) is 8.11. The minimum atomic E-state index is 0. The van der Waals surface area contributed by atoms with Gasteiger partial charge in [-0.3, -0.25) is 9.89 Å². The van der Waals surface area contributed by atoms with Crippen molar-refractivity contribution in [2.45, 2.75) is 64.0 Å². The van der Waals surface area contributed by atoms with Crippen molar-refractivity contribution in [1.29, 1.82) is 0 Å². The van der Waals surface area contributed by atoms with Gasteiger partial charge < -0.3 is 19.9 Å². The summed E-state index contributed by atoms with van der Waals surface area (Å²) in [7, 11) is 1.87. The summed E-state index contributed by atoms with van der Waals surface area (Å²) in [5.74, 6) is 2.02. The van der Waals surface area contributed by atoms with Crippen LogP contribution in [0.25, 0.3) is 0 Å². The number of unbranched alkanes of at least 4 members (excludes halogenated alkanes) is 1. The van der Waals surface area contributed by atoms with Crippen LogP contribution in [-0.2, 0) is 11.3 Å². The van der Waals surface area contributed by atoms with E-state index < -0.39 is 0 Å². The molecule has 1 aliphatic heterocycles. The van der Waals surface area contributed by atoms with Crippen LogP contribution in [0.15, 0.2) is 17.4 Å². The van der Waals surface area contributed by atoms with Crippen LogP contribution in [0.5, 0.6) is 0 Å². The third kappa shape index (κ3) is 7.10. The molecule has 7 nitrogen and oxygen atoms in total. The van der Waals surface area contributed by atoms with E-state index in [0.717, 1.165) is 70.6 Å². The molecule has 1 aliphatic carbocycles. The van der Waals surface area contributed by atoms with Crippen LogP contribution in [0.3, 0.4) is 0 Å². The van der Waals surface area contributed by atoms with E-state index in [1.165, 1.54) is 32.1 Å². The van der Waals surface area contributed by atoms with Crippen LogP contribution in [0, 0.1) is 6.92 Å². The molecule has 0 spiro atoms. The molecule has 166 valence electrons. The Labute approximate surface area is 193 Å². The topological polar surface area (TPSA) is 66.7 Å². The Balaban J connectivity index is 0.00000300. The number of hydrogen-bond donors (Lipinski definition) is 2. The maximum Gasteiger partial charge on any atom is 0.191 e. The summed E-state index contributed by atoms with van der Waals surface area (Å²) in [6.45, 7) is 8.84. The number of morpholine rings is 1. The smallest absolute Gasteiger partial charge is 0.191 e. The maximum absolute atomic E-state index is 5.59. The molecule has 0 amide bonds. The molecule has 0 bridgehead atoms. The largest absolute Gasteiger partial charge is 0.379 e. The van der Waals surface area contributed by atoms with E-state index in [0.29, 0.717) is 0 Å². The van der Waals surface area contributed by atoms with E-state index >= 15 is 0 Å². The first-order valence-electron chi connectivity index (χ1n) is 11.0. The predicted molar refractivity (Wildman–Crippen MR) is 129 cm³/mol. The quantitative estimate of drug-likeness (QED) is 0.240. The molecule has 2 aliphatic rings. The van der Waals surface area contributed by atoms with Crippen LogP contribution >= 0.6 is 24.0 Å². The predicted octanol–water partition coefficient (Wildman–Crippen LogP) is 2.79. The summed E-state index contributed by atoms with van der Waals surface area (Å²) in [6, 6.07) is 0. The van der Waals surface area contributed by atoms with Crippen molar-refractivity contribution in [3.05, 3.63) is 18.2 Å². The highest BCUT2D eigenvalue weighted by molar-refractivity contribution is 14.0. The lowest BCUT2D eigenvalue weighted by atomic mass is 9.80. The van der Waals surface area contributed by atoms with Crippen molar-refractivity contribution in [2.75, 3.05) is 46.4 Å². The number of aliphatic imine (C=N–C) groups is 1. The first-order chi connectivity index (χ1) is 13.7. The highest BCUT2D eigenvalue weighted by Gasteiger charge is 2.38. The normalized spacial score (nSPS) is 20.1. The molecule has 0 unspecified atom stereocenters. The molecular weight excluding hydrogens is 479 g/mol. The molecule has 2 N–H and O–H groups in total. The Kier molecular flexibility index (Phi) is 10.7. The Hall–Kier alpha value is -0.870. The average Bonchev–Trinajstić information content (AvgIpc) is 3.16. The molecule has 0 radical (unpaired) electrons. The molecule has 2 fully saturated rings. The Bertz CT molecular complexity index is 608. The minimum absolute atomic E-state index is 0. The number of aromatic nitrogens is 2. The van der Waals surface area contributed by atoms with Crippen molar-refractivity contribution in [2.24, 2.45) is 4.99 Å². The Morgan fingerprint density at radius 3 is 2.59 bits per heavy atom. The first-order valence-corrected chi connectivity index (χ1v) is 11.0. The molecule has 29 heavy (non-hydrogen) atoms. The van der Waals surface area contributed by atoms with Gasteiger partial charge in [-0.15, -0.1) is 24.0 Å². The third-order valence-corrected chi connectivity index (χ3v) is 6.32. The van der Waals surface area contributed by atoms with E-state index in [4.69, 9.17) is 4.74 Å². The molecule has 3 rings (SSSR count). The fourth-order valence-electron chi connectivity index (χ4n) is 4.58. The van der Waals surface area contributed by atoms with Gasteiger partial charge in [0.05, 0.1) is 13.2 Å². The monoisotopic (exact) mass is 518 g/mol. The molecule has 1 aromatic heterocycles. The number of imidazole rings is 1. The second kappa shape index (κ2) is 12.7. The second-order valence-electron chi connectivity index (χ2n) is 8.11. The fraction of sp³-hybridized carbons (Fsp3) is 0.810. The number of rotatable bonds is 8. The van der Waals surface area contributed by atoms with Crippen molar-refractivity contribution >= 4 is 29.9 Å². The molecule has 2 heterocycles. The lowest BCUT2D eigenvalue weighted by Crippen LogP contribution is -2.60.